The van der Waals surface area contributed by atoms with Gasteiger partial charge in [0.25, 0.3) is 0 Å². The summed E-state index contributed by atoms with van der Waals surface area (Å²) in [6, 6.07) is 0.621. The van der Waals surface area contributed by atoms with Crippen molar-refractivity contribution >= 4 is 5.96 Å². The molecule has 0 saturated carbocycles. The Bertz CT molecular complexity index is 370. The molecule has 0 aromatic rings. The van der Waals surface area contributed by atoms with Crippen molar-refractivity contribution in [1.82, 2.24) is 15.1 Å². The summed E-state index contributed by atoms with van der Waals surface area (Å²) in [5, 5.41) is 13.4. The Morgan fingerprint density at radius 2 is 2.15 bits per heavy atom. The van der Waals surface area contributed by atoms with E-state index in [4.69, 9.17) is 0 Å². The molecule has 2 heterocycles. The molecule has 5 heteroatoms. The maximum Gasteiger partial charge on any atom is 0.193 e. The van der Waals surface area contributed by atoms with Crippen LogP contribution in [0.4, 0.5) is 0 Å². The number of aliphatic imine (C=N–C) groups is 1. The third-order valence-electron chi connectivity index (χ3n) is 4.43. The van der Waals surface area contributed by atoms with E-state index in [9.17, 15) is 5.11 Å². The fourth-order valence-electron chi connectivity index (χ4n) is 2.75. The molecule has 2 atom stereocenters. The Kier molecular flexibility index (Phi) is 5.05. The first-order chi connectivity index (χ1) is 9.55. The maximum atomic E-state index is 10.1. The van der Waals surface area contributed by atoms with E-state index in [1.807, 2.05) is 20.9 Å². The molecule has 2 aliphatic heterocycles. The van der Waals surface area contributed by atoms with E-state index in [0.717, 1.165) is 38.6 Å². The van der Waals surface area contributed by atoms with Crippen LogP contribution in [-0.4, -0.2) is 72.3 Å². The lowest BCUT2D eigenvalue weighted by Crippen LogP contribution is -2.47. The van der Waals surface area contributed by atoms with Crippen molar-refractivity contribution < 1.29 is 5.11 Å². The van der Waals surface area contributed by atoms with Crippen molar-refractivity contribution in [2.45, 2.75) is 38.3 Å². The lowest BCUT2D eigenvalue weighted by molar-refractivity contribution is 0.0598. The van der Waals surface area contributed by atoms with Crippen LogP contribution >= 0.6 is 0 Å². The third-order valence-corrected chi connectivity index (χ3v) is 4.43. The molecule has 114 valence electrons. The highest BCUT2D eigenvalue weighted by Crippen LogP contribution is 2.18. The number of likely N-dealkylation sites (tertiary alicyclic amines) is 1. The molecule has 1 saturated heterocycles. The fourth-order valence-corrected chi connectivity index (χ4v) is 2.75. The Labute approximate surface area is 122 Å². The second-order valence-corrected chi connectivity index (χ2v) is 6.07. The first-order valence-corrected chi connectivity index (χ1v) is 7.63. The number of nitrogens with zero attached hydrogens (tertiary/aromatic N) is 3. The van der Waals surface area contributed by atoms with Gasteiger partial charge in [-0.05, 0) is 19.8 Å². The molecule has 5 nitrogen and oxygen atoms in total. The van der Waals surface area contributed by atoms with Crippen LogP contribution < -0.4 is 5.32 Å². The number of hydrogen-bond acceptors (Lipinski definition) is 3. The van der Waals surface area contributed by atoms with E-state index in [1.54, 1.807) is 0 Å². The van der Waals surface area contributed by atoms with Crippen LogP contribution in [0.3, 0.4) is 0 Å². The van der Waals surface area contributed by atoms with Gasteiger partial charge in [-0.1, -0.05) is 19.1 Å². The zero-order valence-electron chi connectivity index (χ0n) is 13.0. The van der Waals surface area contributed by atoms with Gasteiger partial charge < -0.3 is 15.3 Å². The van der Waals surface area contributed by atoms with E-state index in [-0.39, 0.29) is 0 Å². The molecule has 2 unspecified atom stereocenters. The summed E-state index contributed by atoms with van der Waals surface area (Å²) in [4.78, 5) is 9.16. The molecular formula is C15H28N4O. The van der Waals surface area contributed by atoms with E-state index >= 15 is 0 Å². The normalized spacial score (nSPS) is 27.1. The van der Waals surface area contributed by atoms with Crippen molar-refractivity contribution in [3.05, 3.63) is 12.2 Å². The van der Waals surface area contributed by atoms with Gasteiger partial charge in [-0.2, -0.15) is 0 Å². The minimum absolute atomic E-state index is 0.544. The molecule has 0 spiro atoms. The van der Waals surface area contributed by atoms with Crippen LogP contribution in [0.1, 0.15) is 26.7 Å². The average molecular weight is 280 g/mol. The minimum Gasteiger partial charge on any atom is -0.388 e. The minimum atomic E-state index is -0.673. The molecule has 2 N–H and O–H groups in total. The maximum absolute atomic E-state index is 10.1. The SMILES string of the molecule is CCC(C)(O)CNC(=NC)N1CCC(N2CC=CC2)C1. The Morgan fingerprint density at radius 1 is 1.45 bits per heavy atom. The fraction of sp³-hybridized carbons (Fsp3) is 0.800. The first-order valence-electron chi connectivity index (χ1n) is 7.63. The summed E-state index contributed by atoms with van der Waals surface area (Å²) >= 11 is 0. The molecule has 0 aromatic heterocycles. The van der Waals surface area contributed by atoms with Crippen LogP contribution in [0.15, 0.2) is 17.1 Å². The van der Waals surface area contributed by atoms with Crippen molar-refractivity contribution in [3.8, 4) is 0 Å². The lowest BCUT2D eigenvalue weighted by atomic mass is 10.0. The Balaban J connectivity index is 1.84. The van der Waals surface area contributed by atoms with E-state index in [1.165, 1.54) is 6.42 Å². The van der Waals surface area contributed by atoms with E-state index in [0.29, 0.717) is 12.6 Å². The van der Waals surface area contributed by atoms with Crippen LogP contribution in [0.5, 0.6) is 0 Å². The van der Waals surface area contributed by atoms with Crippen molar-refractivity contribution in [3.63, 3.8) is 0 Å². The predicted molar refractivity (Wildman–Crippen MR) is 83.0 cm³/mol. The first kappa shape index (κ1) is 15.3. The van der Waals surface area contributed by atoms with Crippen molar-refractivity contribution in [2.24, 2.45) is 4.99 Å². The van der Waals surface area contributed by atoms with Gasteiger partial charge in [0.1, 0.15) is 0 Å². The lowest BCUT2D eigenvalue weighted by Gasteiger charge is -2.28. The zero-order chi connectivity index (χ0) is 14.6. The number of hydrogen-bond donors (Lipinski definition) is 2. The van der Waals surface area contributed by atoms with Gasteiger partial charge in [0, 0.05) is 45.8 Å². The topological polar surface area (TPSA) is 51.1 Å². The second-order valence-electron chi connectivity index (χ2n) is 6.07. The number of nitrogens with one attached hydrogen (secondary N) is 1. The highest BCUT2D eigenvalue weighted by atomic mass is 16.3. The molecule has 0 amide bonds. The molecule has 0 bridgehead atoms. The Morgan fingerprint density at radius 3 is 2.75 bits per heavy atom. The summed E-state index contributed by atoms with van der Waals surface area (Å²) in [6.45, 7) is 8.62. The Hall–Kier alpha value is -1.07. The molecule has 20 heavy (non-hydrogen) atoms. The van der Waals surface area contributed by atoms with Gasteiger partial charge in [-0.15, -0.1) is 0 Å². The van der Waals surface area contributed by atoms with Crippen LogP contribution in [-0.2, 0) is 0 Å². The van der Waals surface area contributed by atoms with Crippen LogP contribution in [0.25, 0.3) is 0 Å². The van der Waals surface area contributed by atoms with Gasteiger partial charge in [-0.3, -0.25) is 9.89 Å². The molecule has 1 fully saturated rings. The smallest absolute Gasteiger partial charge is 0.193 e. The molecule has 0 radical (unpaired) electrons. The summed E-state index contributed by atoms with van der Waals surface area (Å²) in [7, 11) is 1.81. The summed E-state index contributed by atoms with van der Waals surface area (Å²) in [5.41, 5.74) is -0.673. The van der Waals surface area contributed by atoms with Gasteiger partial charge in [-0.25, -0.2) is 0 Å². The number of guanidine groups is 1. The third kappa shape index (κ3) is 3.73. The highest BCUT2D eigenvalue weighted by Gasteiger charge is 2.30. The summed E-state index contributed by atoms with van der Waals surface area (Å²) in [6.07, 6.45) is 6.41. The largest absolute Gasteiger partial charge is 0.388 e. The molecule has 0 aliphatic carbocycles. The highest BCUT2D eigenvalue weighted by molar-refractivity contribution is 5.80. The van der Waals surface area contributed by atoms with Gasteiger partial charge in [0.05, 0.1) is 5.60 Å². The van der Waals surface area contributed by atoms with Crippen molar-refractivity contribution in [1.29, 1.82) is 0 Å². The number of rotatable bonds is 4. The predicted octanol–water partition coefficient (Wildman–Crippen LogP) is 0.669. The molecule has 2 rings (SSSR count). The van der Waals surface area contributed by atoms with E-state index < -0.39 is 5.60 Å². The van der Waals surface area contributed by atoms with Gasteiger partial charge >= 0.3 is 0 Å². The van der Waals surface area contributed by atoms with Crippen LogP contribution in [0.2, 0.25) is 0 Å². The monoisotopic (exact) mass is 280 g/mol. The molecular weight excluding hydrogens is 252 g/mol. The second kappa shape index (κ2) is 6.59. The van der Waals surface area contributed by atoms with Crippen molar-refractivity contribution in [2.75, 3.05) is 39.8 Å². The van der Waals surface area contributed by atoms with Crippen LogP contribution in [0, 0.1) is 0 Å². The standard InChI is InChI=1S/C15H28N4O/c1-4-15(2,20)12-17-14(16-3)19-10-7-13(11-19)18-8-5-6-9-18/h5-6,13,20H,4,7-12H2,1-3H3,(H,16,17). The van der Waals surface area contributed by atoms with Gasteiger partial charge in [0.15, 0.2) is 5.96 Å². The quantitative estimate of drug-likeness (QED) is 0.451. The van der Waals surface area contributed by atoms with Gasteiger partial charge in [0.2, 0.25) is 0 Å². The average Bonchev–Trinajstić information content (AvgIpc) is 3.10. The molecule has 0 aromatic carbocycles. The summed E-state index contributed by atoms with van der Waals surface area (Å²) < 4.78 is 0. The zero-order valence-corrected chi connectivity index (χ0v) is 13.0. The van der Waals surface area contributed by atoms with E-state index in [2.05, 4.69) is 32.3 Å². The molecule has 2 aliphatic rings. The summed E-state index contributed by atoms with van der Waals surface area (Å²) in [5.74, 6) is 0.911. The number of aliphatic hydroxyl groups is 1.